The Morgan fingerprint density at radius 2 is 1.93 bits per heavy atom. The minimum Gasteiger partial charge on any atom is -0.381 e. The quantitative estimate of drug-likeness (QED) is 0.680. The van der Waals surface area contributed by atoms with Gasteiger partial charge in [0, 0.05) is 46.6 Å². The molecule has 1 unspecified atom stereocenters. The van der Waals surface area contributed by atoms with E-state index in [9.17, 15) is 9.59 Å². The van der Waals surface area contributed by atoms with Gasteiger partial charge >= 0.3 is 0 Å². The van der Waals surface area contributed by atoms with Crippen LogP contribution in [0.4, 0.5) is 0 Å². The molecule has 3 rings (SSSR count). The van der Waals surface area contributed by atoms with E-state index in [1.54, 1.807) is 18.9 Å². The number of hydrogen-bond donors (Lipinski definition) is 0. The number of carbonyl (C=O) groups excluding carboxylic acids is 2. The van der Waals surface area contributed by atoms with Gasteiger partial charge in [-0.1, -0.05) is 5.16 Å². The molecule has 2 amide bonds. The van der Waals surface area contributed by atoms with Crippen LogP contribution in [0.2, 0.25) is 0 Å². The zero-order valence-corrected chi connectivity index (χ0v) is 16.8. The van der Waals surface area contributed by atoms with Gasteiger partial charge < -0.3 is 28.5 Å². The lowest BCUT2D eigenvalue weighted by Crippen LogP contribution is -2.51. The summed E-state index contributed by atoms with van der Waals surface area (Å²) in [6.45, 7) is 4.42. The summed E-state index contributed by atoms with van der Waals surface area (Å²) < 4.78 is 20.9. The van der Waals surface area contributed by atoms with Crippen molar-refractivity contribution >= 4 is 11.8 Å². The predicted octanol–water partition coefficient (Wildman–Crippen LogP) is 0.998. The minimum atomic E-state index is -0.183. The molecule has 0 aromatic carbocycles. The SMILES string of the molecule is COCC(=O)N(C1CCOCC1)C1CCN(C(=O)c2noc(C)c2COC)C1. The molecule has 0 saturated carbocycles. The van der Waals surface area contributed by atoms with Crippen molar-refractivity contribution in [1.29, 1.82) is 0 Å². The van der Waals surface area contributed by atoms with Crippen molar-refractivity contribution in [2.45, 2.75) is 44.9 Å². The monoisotopic (exact) mass is 395 g/mol. The average molecular weight is 395 g/mol. The molecule has 9 heteroatoms. The van der Waals surface area contributed by atoms with E-state index >= 15 is 0 Å². The molecular formula is C19H29N3O6. The molecule has 156 valence electrons. The Kier molecular flexibility index (Phi) is 7.03. The molecule has 0 spiro atoms. The molecule has 3 heterocycles. The van der Waals surface area contributed by atoms with Gasteiger partial charge in [0.2, 0.25) is 5.91 Å². The summed E-state index contributed by atoms with van der Waals surface area (Å²) in [7, 11) is 3.09. The molecule has 2 fully saturated rings. The summed E-state index contributed by atoms with van der Waals surface area (Å²) in [5, 5.41) is 3.94. The number of rotatable bonds is 7. The smallest absolute Gasteiger partial charge is 0.276 e. The van der Waals surface area contributed by atoms with Crippen LogP contribution in [0.5, 0.6) is 0 Å². The fraction of sp³-hybridized carbons (Fsp3) is 0.737. The Morgan fingerprint density at radius 3 is 2.61 bits per heavy atom. The number of aryl methyl sites for hydroxylation is 1. The van der Waals surface area contributed by atoms with Gasteiger partial charge in [-0.3, -0.25) is 9.59 Å². The molecule has 28 heavy (non-hydrogen) atoms. The highest BCUT2D eigenvalue weighted by atomic mass is 16.5. The van der Waals surface area contributed by atoms with Gasteiger partial charge in [0.15, 0.2) is 5.69 Å². The molecular weight excluding hydrogens is 366 g/mol. The zero-order chi connectivity index (χ0) is 20.1. The van der Waals surface area contributed by atoms with Crippen LogP contribution < -0.4 is 0 Å². The zero-order valence-electron chi connectivity index (χ0n) is 16.8. The molecule has 1 aromatic rings. The Bertz CT molecular complexity index is 685. The maximum atomic E-state index is 13.0. The number of amides is 2. The second-order valence-electron chi connectivity index (χ2n) is 7.27. The van der Waals surface area contributed by atoms with E-state index in [0.717, 1.165) is 19.3 Å². The van der Waals surface area contributed by atoms with Crippen LogP contribution in [0.15, 0.2) is 4.52 Å². The van der Waals surface area contributed by atoms with E-state index in [2.05, 4.69) is 5.16 Å². The van der Waals surface area contributed by atoms with Crippen molar-refractivity contribution in [2.24, 2.45) is 0 Å². The highest BCUT2D eigenvalue weighted by Gasteiger charge is 2.38. The normalized spacial score (nSPS) is 20.5. The lowest BCUT2D eigenvalue weighted by Gasteiger charge is -2.38. The van der Waals surface area contributed by atoms with E-state index in [0.29, 0.717) is 43.3 Å². The summed E-state index contributed by atoms with van der Waals surface area (Å²) in [5.41, 5.74) is 0.966. The first-order valence-electron chi connectivity index (χ1n) is 9.68. The maximum absolute atomic E-state index is 13.0. The van der Waals surface area contributed by atoms with Crippen molar-refractivity contribution in [3.8, 4) is 0 Å². The number of carbonyl (C=O) groups is 2. The van der Waals surface area contributed by atoms with E-state index < -0.39 is 0 Å². The lowest BCUT2D eigenvalue weighted by molar-refractivity contribution is -0.142. The molecule has 2 saturated heterocycles. The van der Waals surface area contributed by atoms with Crippen molar-refractivity contribution in [1.82, 2.24) is 15.0 Å². The van der Waals surface area contributed by atoms with Crippen molar-refractivity contribution in [3.05, 3.63) is 17.0 Å². The highest BCUT2D eigenvalue weighted by molar-refractivity contribution is 5.94. The third-order valence-electron chi connectivity index (χ3n) is 5.46. The van der Waals surface area contributed by atoms with Gasteiger partial charge in [0.1, 0.15) is 12.4 Å². The maximum Gasteiger partial charge on any atom is 0.276 e. The second kappa shape index (κ2) is 9.49. The summed E-state index contributed by atoms with van der Waals surface area (Å²) in [6, 6.07) is 0.0865. The van der Waals surface area contributed by atoms with E-state index in [-0.39, 0.29) is 37.1 Å². The van der Waals surface area contributed by atoms with Gasteiger partial charge in [0.25, 0.3) is 5.91 Å². The number of hydrogen-bond acceptors (Lipinski definition) is 7. The fourth-order valence-electron chi connectivity index (χ4n) is 4.04. The number of nitrogens with zero attached hydrogens (tertiary/aromatic N) is 3. The first-order valence-corrected chi connectivity index (χ1v) is 9.68. The van der Waals surface area contributed by atoms with E-state index in [1.807, 2.05) is 4.90 Å². The van der Waals surface area contributed by atoms with Crippen molar-refractivity contribution in [2.75, 3.05) is 47.1 Å². The van der Waals surface area contributed by atoms with Crippen LogP contribution in [0, 0.1) is 6.92 Å². The second-order valence-corrected chi connectivity index (χ2v) is 7.27. The third-order valence-corrected chi connectivity index (χ3v) is 5.46. The number of likely N-dealkylation sites (tertiary alicyclic amines) is 1. The Balaban J connectivity index is 1.72. The Morgan fingerprint density at radius 1 is 1.18 bits per heavy atom. The van der Waals surface area contributed by atoms with E-state index in [1.165, 1.54) is 7.11 Å². The minimum absolute atomic E-state index is 0.0337. The first kappa shape index (κ1) is 20.8. The lowest BCUT2D eigenvalue weighted by atomic mass is 10.0. The summed E-state index contributed by atoms with van der Waals surface area (Å²) in [4.78, 5) is 29.4. The first-order chi connectivity index (χ1) is 13.6. The van der Waals surface area contributed by atoms with Crippen LogP contribution in [-0.2, 0) is 25.6 Å². The Labute approximate surface area is 164 Å². The van der Waals surface area contributed by atoms with Gasteiger partial charge in [-0.25, -0.2) is 0 Å². The fourth-order valence-corrected chi connectivity index (χ4v) is 4.04. The molecule has 0 radical (unpaired) electrons. The van der Waals surface area contributed by atoms with Crippen LogP contribution in [0.1, 0.15) is 41.1 Å². The van der Waals surface area contributed by atoms with Crippen molar-refractivity contribution in [3.63, 3.8) is 0 Å². The molecule has 2 aliphatic heterocycles. The summed E-state index contributed by atoms with van der Waals surface area (Å²) in [5.74, 6) is 0.364. The van der Waals surface area contributed by atoms with Gasteiger partial charge in [0.05, 0.1) is 18.2 Å². The topological polar surface area (TPSA) is 94.3 Å². The molecule has 9 nitrogen and oxygen atoms in total. The largest absolute Gasteiger partial charge is 0.381 e. The van der Waals surface area contributed by atoms with Gasteiger partial charge in [-0.05, 0) is 26.2 Å². The van der Waals surface area contributed by atoms with Gasteiger partial charge in [-0.2, -0.15) is 0 Å². The van der Waals surface area contributed by atoms with Gasteiger partial charge in [-0.15, -0.1) is 0 Å². The molecule has 0 aliphatic carbocycles. The average Bonchev–Trinajstić information content (AvgIpc) is 3.31. The van der Waals surface area contributed by atoms with E-state index in [4.69, 9.17) is 18.7 Å². The molecule has 1 aromatic heterocycles. The molecule has 2 aliphatic rings. The predicted molar refractivity (Wildman–Crippen MR) is 98.8 cm³/mol. The molecule has 0 N–H and O–H groups in total. The third kappa shape index (κ3) is 4.37. The van der Waals surface area contributed by atoms with Crippen LogP contribution >= 0.6 is 0 Å². The standard InChI is InChI=1S/C19H29N3O6/c1-13-16(11-25-2)18(20-28-13)19(24)21-7-4-15(10-21)22(17(23)12-26-3)14-5-8-27-9-6-14/h14-15H,4-12H2,1-3H3. The molecule has 0 bridgehead atoms. The molecule has 1 atom stereocenters. The summed E-state index contributed by atoms with van der Waals surface area (Å²) in [6.07, 6.45) is 2.34. The highest BCUT2D eigenvalue weighted by Crippen LogP contribution is 2.25. The number of aromatic nitrogens is 1. The number of ether oxygens (including phenoxy) is 3. The van der Waals surface area contributed by atoms with Crippen LogP contribution in [-0.4, -0.2) is 86.0 Å². The van der Waals surface area contributed by atoms with Crippen molar-refractivity contribution < 1.29 is 28.3 Å². The van der Waals surface area contributed by atoms with Crippen LogP contribution in [0.3, 0.4) is 0 Å². The Hall–Kier alpha value is -1.97. The summed E-state index contributed by atoms with van der Waals surface area (Å²) >= 11 is 0. The van der Waals surface area contributed by atoms with Crippen LogP contribution in [0.25, 0.3) is 0 Å². The number of methoxy groups -OCH3 is 2.